The van der Waals surface area contributed by atoms with E-state index >= 15 is 0 Å². The topological polar surface area (TPSA) is 63.1 Å². The van der Waals surface area contributed by atoms with E-state index in [2.05, 4.69) is 15.5 Å². The zero-order chi connectivity index (χ0) is 23.4. The number of anilines is 2. The molecule has 6 nitrogen and oxygen atoms in total. The van der Waals surface area contributed by atoms with E-state index in [1.54, 1.807) is 18.2 Å². The Morgan fingerprint density at radius 1 is 0.970 bits per heavy atom. The van der Waals surface area contributed by atoms with Crippen LogP contribution in [0.5, 0.6) is 0 Å². The molecule has 4 rings (SSSR count). The van der Waals surface area contributed by atoms with Crippen molar-refractivity contribution in [2.24, 2.45) is 0 Å². The molecule has 0 aliphatic rings. The van der Waals surface area contributed by atoms with Crippen molar-refractivity contribution >= 4 is 52.2 Å². The smallest absolute Gasteiger partial charge is 0.234 e. The van der Waals surface area contributed by atoms with E-state index in [-0.39, 0.29) is 11.7 Å². The minimum Gasteiger partial charge on any atom is -0.378 e. The van der Waals surface area contributed by atoms with Crippen LogP contribution in [-0.2, 0) is 4.79 Å². The van der Waals surface area contributed by atoms with Crippen molar-refractivity contribution in [2.45, 2.75) is 5.16 Å². The zero-order valence-electron chi connectivity index (χ0n) is 18.0. The Morgan fingerprint density at radius 2 is 1.67 bits per heavy atom. The molecule has 168 valence electrons. The lowest BCUT2D eigenvalue weighted by Crippen LogP contribution is -2.15. The van der Waals surface area contributed by atoms with E-state index in [0.29, 0.717) is 21.0 Å². The molecule has 0 radical (unpaired) electrons. The summed E-state index contributed by atoms with van der Waals surface area (Å²) in [4.78, 5) is 14.6. The van der Waals surface area contributed by atoms with Crippen LogP contribution in [0.1, 0.15) is 0 Å². The quantitative estimate of drug-likeness (QED) is 0.315. The fourth-order valence-electron chi connectivity index (χ4n) is 3.17. The molecule has 1 amide bonds. The van der Waals surface area contributed by atoms with Gasteiger partial charge in [0.05, 0.1) is 10.8 Å². The van der Waals surface area contributed by atoms with Gasteiger partial charge < -0.3 is 10.2 Å². The van der Waals surface area contributed by atoms with Crippen LogP contribution in [0.4, 0.5) is 11.4 Å². The van der Waals surface area contributed by atoms with E-state index in [1.165, 1.54) is 11.8 Å². The van der Waals surface area contributed by atoms with E-state index < -0.39 is 0 Å². The third-order valence-corrected chi connectivity index (χ3v) is 6.34. The van der Waals surface area contributed by atoms with Crippen LogP contribution in [0.25, 0.3) is 17.1 Å². The molecule has 0 saturated carbocycles. The second kappa shape index (κ2) is 10.3. The third-order valence-electron chi connectivity index (χ3n) is 4.83. The van der Waals surface area contributed by atoms with Gasteiger partial charge in [-0.2, -0.15) is 0 Å². The second-order valence-corrected chi connectivity index (χ2v) is 9.16. The number of aromatic nitrogens is 3. The first-order chi connectivity index (χ1) is 15.9. The van der Waals surface area contributed by atoms with Gasteiger partial charge in [-0.3, -0.25) is 9.36 Å². The van der Waals surface area contributed by atoms with Crippen LogP contribution in [0.15, 0.2) is 78.0 Å². The van der Waals surface area contributed by atoms with Gasteiger partial charge in [0.2, 0.25) is 5.91 Å². The number of carbonyl (C=O) groups excluding carboxylic acids is 1. The summed E-state index contributed by atoms with van der Waals surface area (Å²) >= 11 is 13.8. The highest BCUT2D eigenvalue weighted by atomic mass is 35.5. The number of rotatable bonds is 7. The van der Waals surface area contributed by atoms with E-state index in [0.717, 1.165) is 22.6 Å². The average molecular weight is 498 g/mol. The van der Waals surface area contributed by atoms with Gasteiger partial charge in [-0.05, 0) is 60.7 Å². The van der Waals surface area contributed by atoms with Gasteiger partial charge >= 0.3 is 0 Å². The monoisotopic (exact) mass is 497 g/mol. The van der Waals surface area contributed by atoms with Gasteiger partial charge in [-0.15, -0.1) is 10.2 Å². The summed E-state index contributed by atoms with van der Waals surface area (Å²) in [6.45, 7) is 0. The number of hydrogen-bond acceptors (Lipinski definition) is 5. The lowest BCUT2D eigenvalue weighted by atomic mass is 10.2. The molecule has 33 heavy (non-hydrogen) atoms. The van der Waals surface area contributed by atoms with Crippen molar-refractivity contribution < 1.29 is 4.79 Å². The lowest BCUT2D eigenvalue weighted by Gasteiger charge is -2.13. The van der Waals surface area contributed by atoms with Crippen molar-refractivity contribution in [3.05, 3.63) is 82.8 Å². The van der Waals surface area contributed by atoms with Crippen LogP contribution in [0.2, 0.25) is 10.0 Å². The van der Waals surface area contributed by atoms with Gasteiger partial charge in [0.25, 0.3) is 0 Å². The standard InChI is InChI=1S/C24H21Cl2N5OS/c1-30(2)18-13-9-17(10-14-18)27-22(32)15-33-24-29-28-23(20-5-3-4-6-21(20)26)31(24)19-11-7-16(25)8-12-19/h3-14H,15H2,1-2H3,(H,27,32). The Morgan fingerprint density at radius 3 is 2.33 bits per heavy atom. The Labute approximate surface area is 206 Å². The minimum atomic E-state index is -0.137. The van der Waals surface area contributed by atoms with Crippen molar-refractivity contribution in [2.75, 3.05) is 30.1 Å². The number of carbonyl (C=O) groups is 1. The molecule has 3 aromatic carbocycles. The first kappa shape index (κ1) is 23.2. The summed E-state index contributed by atoms with van der Waals surface area (Å²) in [5, 5.41) is 13.4. The van der Waals surface area contributed by atoms with Crippen molar-refractivity contribution in [1.82, 2.24) is 14.8 Å². The molecule has 1 aromatic heterocycles. The van der Waals surface area contributed by atoms with Gasteiger partial charge in [0.1, 0.15) is 0 Å². The third kappa shape index (κ3) is 5.50. The fraction of sp³-hybridized carbons (Fsp3) is 0.125. The SMILES string of the molecule is CN(C)c1ccc(NC(=O)CSc2nnc(-c3ccccc3Cl)n2-c2ccc(Cl)cc2)cc1. The van der Waals surface area contributed by atoms with E-state index in [9.17, 15) is 4.79 Å². The number of thioether (sulfide) groups is 1. The molecular weight excluding hydrogens is 477 g/mol. The van der Waals surface area contributed by atoms with Gasteiger partial charge in [-0.25, -0.2) is 0 Å². The van der Waals surface area contributed by atoms with Gasteiger partial charge in [-0.1, -0.05) is 47.1 Å². The maximum atomic E-state index is 12.6. The summed E-state index contributed by atoms with van der Waals surface area (Å²) in [6, 6.07) is 22.5. The molecule has 0 fully saturated rings. The highest BCUT2D eigenvalue weighted by Gasteiger charge is 2.19. The summed E-state index contributed by atoms with van der Waals surface area (Å²) < 4.78 is 1.88. The number of nitrogens with zero attached hydrogens (tertiary/aromatic N) is 4. The molecule has 0 saturated heterocycles. The Kier molecular flexibility index (Phi) is 7.23. The highest BCUT2D eigenvalue weighted by Crippen LogP contribution is 2.32. The van der Waals surface area contributed by atoms with Crippen LogP contribution in [-0.4, -0.2) is 40.5 Å². The maximum absolute atomic E-state index is 12.6. The maximum Gasteiger partial charge on any atom is 0.234 e. The molecule has 4 aromatic rings. The molecule has 0 spiro atoms. The predicted octanol–water partition coefficient (Wildman–Crippen LogP) is 6.04. The number of benzene rings is 3. The number of nitrogens with one attached hydrogen (secondary N) is 1. The van der Waals surface area contributed by atoms with Gasteiger partial charge in [0, 0.05) is 41.7 Å². The molecular formula is C24H21Cl2N5OS. The largest absolute Gasteiger partial charge is 0.378 e. The molecule has 0 unspecified atom stereocenters. The number of hydrogen-bond donors (Lipinski definition) is 1. The van der Waals surface area contributed by atoms with Crippen LogP contribution >= 0.6 is 35.0 Å². The van der Waals surface area contributed by atoms with Crippen LogP contribution in [0, 0.1) is 0 Å². The summed E-state index contributed by atoms with van der Waals surface area (Å²) in [5.41, 5.74) is 3.37. The van der Waals surface area contributed by atoms with Crippen LogP contribution < -0.4 is 10.2 Å². The number of halogens is 2. The van der Waals surface area contributed by atoms with E-state index in [1.807, 2.05) is 78.2 Å². The molecule has 1 heterocycles. The van der Waals surface area contributed by atoms with Crippen molar-refractivity contribution in [3.63, 3.8) is 0 Å². The van der Waals surface area contributed by atoms with Crippen LogP contribution in [0.3, 0.4) is 0 Å². The zero-order valence-corrected chi connectivity index (χ0v) is 20.3. The summed E-state index contributed by atoms with van der Waals surface area (Å²) in [5.74, 6) is 0.622. The minimum absolute atomic E-state index is 0.137. The molecule has 0 aliphatic heterocycles. The van der Waals surface area contributed by atoms with Crippen molar-refractivity contribution in [3.8, 4) is 17.1 Å². The summed E-state index contributed by atoms with van der Waals surface area (Å²) in [6.07, 6.45) is 0. The van der Waals surface area contributed by atoms with Crippen molar-refractivity contribution in [1.29, 1.82) is 0 Å². The average Bonchev–Trinajstić information content (AvgIpc) is 3.22. The lowest BCUT2D eigenvalue weighted by molar-refractivity contribution is -0.113. The fourth-order valence-corrected chi connectivity index (χ4v) is 4.27. The normalized spacial score (nSPS) is 10.8. The second-order valence-electron chi connectivity index (χ2n) is 7.38. The predicted molar refractivity (Wildman–Crippen MR) is 137 cm³/mol. The Balaban J connectivity index is 1.56. The van der Waals surface area contributed by atoms with Gasteiger partial charge in [0.15, 0.2) is 11.0 Å². The molecule has 0 aliphatic carbocycles. The molecule has 9 heteroatoms. The summed E-state index contributed by atoms with van der Waals surface area (Å²) in [7, 11) is 3.94. The highest BCUT2D eigenvalue weighted by molar-refractivity contribution is 7.99. The molecule has 0 bridgehead atoms. The number of amides is 1. The van der Waals surface area contributed by atoms with E-state index in [4.69, 9.17) is 23.2 Å². The molecule has 0 atom stereocenters. The molecule has 1 N–H and O–H groups in total. The Hall–Kier alpha value is -3.00. The Bertz CT molecular complexity index is 1260. The first-order valence-corrected chi connectivity index (χ1v) is 11.8. The first-order valence-electron chi connectivity index (χ1n) is 10.1.